The van der Waals surface area contributed by atoms with Crippen LogP contribution in [0, 0.1) is 0 Å². The van der Waals surface area contributed by atoms with Crippen LogP contribution in [0.2, 0.25) is 0 Å². The molecule has 0 radical (unpaired) electrons. The molecule has 3 atom stereocenters. The van der Waals surface area contributed by atoms with Gasteiger partial charge < -0.3 is 14.9 Å². The number of aromatic nitrogens is 2. The summed E-state index contributed by atoms with van der Waals surface area (Å²) in [6.45, 7) is 2.18. The molecule has 0 aliphatic carbocycles. The second-order valence-electron chi connectivity index (χ2n) is 14.2. The molecule has 9 aromatic rings. The summed E-state index contributed by atoms with van der Waals surface area (Å²) in [4.78, 5) is 0. The Kier molecular flexibility index (Phi) is 7.88. The maximum atomic E-state index is 6.56. The first-order valence-corrected chi connectivity index (χ1v) is 18.6. The molecule has 7 aromatic carbocycles. The number of hydrogen-bond donors (Lipinski definition) is 4. The van der Waals surface area contributed by atoms with Crippen LogP contribution in [-0.4, -0.2) is 15.3 Å². The van der Waals surface area contributed by atoms with Crippen molar-refractivity contribution in [3.63, 3.8) is 0 Å². The molecule has 5 N–H and O–H groups in total. The Morgan fingerprint density at radius 1 is 0.519 bits per heavy atom. The van der Waals surface area contributed by atoms with E-state index in [-0.39, 0.29) is 18.5 Å². The Balaban J connectivity index is 1.11. The first-order chi connectivity index (χ1) is 26.6. The van der Waals surface area contributed by atoms with E-state index in [0.717, 1.165) is 33.6 Å². The van der Waals surface area contributed by atoms with E-state index in [4.69, 9.17) is 5.73 Å². The smallest absolute Gasteiger partial charge is 0.0879 e. The van der Waals surface area contributed by atoms with Crippen molar-refractivity contribution in [2.75, 3.05) is 0 Å². The van der Waals surface area contributed by atoms with Gasteiger partial charge in [0.25, 0.3) is 0 Å². The fraction of sp³-hybridized carbons (Fsp3) is 0.0833. The molecule has 1 aliphatic rings. The third kappa shape index (κ3) is 5.39. The van der Waals surface area contributed by atoms with Crippen LogP contribution >= 0.6 is 0 Å². The van der Waals surface area contributed by atoms with Crippen molar-refractivity contribution in [3.8, 4) is 5.69 Å². The van der Waals surface area contributed by atoms with Crippen LogP contribution in [0.5, 0.6) is 0 Å². The minimum atomic E-state index is -0.242. The summed E-state index contributed by atoms with van der Waals surface area (Å²) in [5.74, 6) is 0. The highest BCUT2D eigenvalue weighted by Gasteiger charge is 2.30. The van der Waals surface area contributed by atoms with Gasteiger partial charge in [-0.3, -0.25) is 16.0 Å². The van der Waals surface area contributed by atoms with E-state index in [1.807, 2.05) is 0 Å². The molecule has 0 bridgehead atoms. The maximum absolute atomic E-state index is 6.56. The highest BCUT2D eigenvalue weighted by atomic mass is 15.4. The van der Waals surface area contributed by atoms with Crippen molar-refractivity contribution < 1.29 is 0 Å². The van der Waals surface area contributed by atoms with Gasteiger partial charge in [-0.05, 0) is 77.4 Å². The van der Waals surface area contributed by atoms with Gasteiger partial charge in [0.15, 0.2) is 0 Å². The Morgan fingerprint density at radius 2 is 1.13 bits per heavy atom. The van der Waals surface area contributed by atoms with Gasteiger partial charge in [-0.2, -0.15) is 0 Å². The number of rotatable bonds is 6. The summed E-state index contributed by atoms with van der Waals surface area (Å²) in [5, 5.41) is 18.8. The molecule has 6 nitrogen and oxygen atoms in total. The Morgan fingerprint density at radius 3 is 1.89 bits per heavy atom. The lowest BCUT2D eigenvalue weighted by Crippen LogP contribution is -2.59. The molecule has 3 heterocycles. The molecule has 3 unspecified atom stereocenters. The number of hydrogen-bond acceptors (Lipinski definition) is 4. The Bertz CT molecular complexity index is 2900. The normalized spacial score (nSPS) is 18.4. The summed E-state index contributed by atoms with van der Waals surface area (Å²) < 4.78 is 4.77. The van der Waals surface area contributed by atoms with Crippen molar-refractivity contribution in [3.05, 3.63) is 193 Å². The standard InChI is InChI=1S/C48H40N6/c1-31(26-36(30-49)48-51-46(33-15-4-2-5-16-33)50-47(52-48)35-25-24-32-14-8-9-17-34(32)27-35)53-42-22-12-10-20-38(42)40-28-41-39-21-11-13-23-43(39)54(45(41)29-44(40)53)37-18-6-3-7-19-37/h2-30,46-48,50-52H,49H2,1H3/b31-26+,36-30+. The zero-order valence-corrected chi connectivity index (χ0v) is 29.9. The average molecular weight is 701 g/mol. The van der Waals surface area contributed by atoms with E-state index >= 15 is 0 Å². The number of nitrogens with zero attached hydrogens (tertiary/aromatic N) is 2. The van der Waals surface area contributed by atoms with Gasteiger partial charge >= 0.3 is 0 Å². The second kappa shape index (κ2) is 13.2. The van der Waals surface area contributed by atoms with E-state index in [0.29, 0.717) is 0 Å². The van der Waals surface area contributed by atoms with Gasteiger partial charge in [0, 0.05) is 44.7 Å². The molecular weight excluding hydrogens is 661 g/mol. The van der Waals surface area contributed by atoms with Crippen LogP contribution in [0.1, 0.15) is 30.4 Å². The minimum Gasteiger partial charge on any atom is -0.404 e. The van der Waals surface area contributed by atoms with Crippen molar-refractivity contribution in [1.82, 2.24) is 25.1 Å². The van der Waals surface area contributed by atoms with Crippen LogP contribution < -0.4 is 21.7 Å². The molecule has 1 saturated heterocycles. The lowest BCUT2D eigenvalue weighted by molar-refractivity contribution is 0.224. The number of benzene rings is 7. The van der Waals surface area contributed by atoms with Crippen LogP contribution in [0.25, 0.3) is 65.8 Å². The fourth-order valence-electron chi connectivity index (χ4n) is 8.45. The lowest BCUT2D eigenvalue weighted by atomic mass is 10.0. The van der Waals surface area contributed by atoms with Crippen LogP contribution in [0.15, 0.2) is 182 Å². The molecule has 2 aromatic heterocycles. The third-order valence-corrected chi connectivity index (χ3v) is 11.0. The lowest BCUT2D eigenvalue weighted by Gasteiger charge is -2.40. The summed E-state index contributed by atoms with van der Waals surface area (Å²) in [6, 6.07) is 58.5. The van der Waals surface area contributed by atoms with Gasteiger partial charge in [0.1, 0.15) is 0 Å². The number of nitrogens with two attached hydrogens (primary N) is 1. The zero-order valence-electron chi connectivity index (χ0n) is 29.9. The highest BCUT2D eigenvalue weighted by Crippen LogP contribution is 2.39. The van der Waals surface area contributed by atoms with Crippen molar-refractivity contribution >= 4 is 60.1 Å². The van der Waals surface area contributed by atoms with Gasteiger partial charge in [0.2, 0.25) is 0 Å². The molecule has 54 heavy (non-hydrogen) atoms. The van der Waals surface area contributed by atoms with Gasteiger partial charge in [-0.15, -0.1) is 0 Å². The van der Waals surface area contributed by atoms with E-state index in [1.165, 1.54) is 48.9 Å². The average Bonchev–Trinajstić information content (AvgIpc) is 3.74. The first kappa shape index (κ1) is 32.2. The first-order valence-electron chi connectivity index (χ1n) is 18.6. The fourth-order valence-corrected chi connectivity index (χ4v) is 8.45. The number of para-hydroxylation sites is 3. The quantitative estimate of drug-likeness (QED) is 0.130. The zero-order chi connectivity index (χ0) is 36.2. The summed E-state index contributed by atoms with van der Waals surface area (Å²) in [5.41, 5.74) is 16.7. The van der Waals surface area contributed by atoms with Gasteiger partial charge in [0.05, 0.1) is 40.6 Å². The summed E-state index contributed by atoms with van der Waals surface area (Å²) >= 11 is 0. The summed E-state index contributed by atoms with van der Waals surface area (Å²) in [7, 11) is 0. The number of allylic oxidation sites excluding steroid dienone is 1. The molecule has 0 spiro atoms. The minimum absolute atomic E-state index is 0.112. The molecule has 1 fully saturated rings. The molecule has 6 heteroatoms. The Labute approximate surface area is 313 Å². The maximum Gasteiger partial charge on any atom is 0.0879 e. The van der Waals surface area contributed by atoms with Crippen LogP contribution in [0.3, 0.4) is 0 Å². The van der Waals surface area contributed by atoms with E-state index in [9.17, 15) is 0 Å². The molecule has 0 saturated carbocycles. The second-order valence-corrected chi connectivity index (χ2v) is 14.2. The topological polar surface area (TPSA) is 72.0 Å². The number of fused-ring (bicyclic) bond motifs is 7. The van der Waals surface area contributed by atoms with Gasteiger partial charge in [-0.1, -0.05) is 121 Å². The van der Waals surface area contributed by atoms with E-state index in [2.05, 4.69) is 202 Å². The predicted octanol–water partition coefficient (Wildman–Crippen LogP) is 10.3. The SMILES string of the molecule is C/C(=C\C(=C/N)C1NC(c2ccccc2)NC(c2ccc3ccccc3c2)N1)n1c2ccccc2c2cc3c4ccccc4n(-c4ccccc4)c3cc21. The highest BCUT2D eigenvalue weighted by molar-refractivity contribution is 6.19. The third-order valence-electron chi connectivity index (χ3n) is 11.0. The molecule has 10 rings (SSSR count). The van der Waals surface area contributed by atoms with E-state index in [1.54, 1.807) is 6.20 Å². The van der Waals surface area contributed by atoms with E-state index < -0.39 is 0 Å². The number of nitrogens with one attached hydrogen (secondary N) is 3. The molecule has 0 amide bonds. The summed E-state index contributed by atoms with van der Waals surface area (Å²) in [6.07, 6.45) is 3.47. The van der Waals surface area contributed by atoms with Crippen molar-refractivity contribution in [2.45, 2.75) is 25.4 Å². The molecule has 262 valence electrons. The van der Waals surface area contributed by atoms with Gasteiger partial charge in [-0.25, -0.2) is 0 Å². The van der Waals surface area contributed by atoms with Crippen LogP contribution in [0.4, 0.5) is 0 Å². The predicted molar refractivity (Wildman–Crippen MR) is 225 cm³/mol. The van der Waals surface area contributed by atoms with Crippen molar-refractivity contribution in [2.24, 2.45) is 5.73 Å². The Hall–Kier alpha value is -6.44. The largest absolute Gasteiger partial charge is 0.404 e. The van der Waals surface area contributed by atoms with Crippen LogP contribution in [-0.2, 0) is 0 Å². The monoisotopic (exact) mass is 700 g/mol. The molecular formula is C48H40N6. The molecule has 1 aliphatic heterocycles. The van der Waals surface area contributed by atoms with Crippen molar-refractivity contribution in [1.29, 1.82) is 0 Å².